The fraction of sp³-hybridized carbons (Fsp3) is 0.222. The maximum Gasteiger partial charge on any atom is 0.335 e. The fourth-order valence-electron chi connectivity index (χ4n) is 4.70. The van der Waals surface area contributed by atoms with Crippen LogP contribution in [0.5, 0.6) is 0 Å². The highest BCUT2D eigenvalue weighted by molar-refractivity contribution is 6.07. The van der Waals surface area contributed by atoms with Gasteiger partial charge < -0.3 is 24.5 Å². The number of rotatable bonds is 12. The summed E-state index contributed by atoms with van der Waals surface area (Å²) in [7, 11) is 1.93. The lowest BCUT2D eigenvalue weighted by Crippen LogP contribution is -2.34. The average molecular weight is 651 g/mol. The van der Waals surface area contributed by atoms with Crippen LogP contribution in [-0.4, -0.2) is 63.1 Å². The van der Waals surface area contributed by atoms with Crippen LogP contribution in [0, 0.1) is 5.41 Å². The predicted molar refractivity (Wildman–Crippen MR) is 184 cm³/mol. The van der Waals surface area contributed by atoms with Gasteiger partial charge in [-0.2, -0.15) is 0 Å². The minimum absolute atomic E-state index is 0.0611. The number of aromatic nitrogens is 3. The molecule has 48 heavy (non-hydrogen) atoms. The molecule has 12 nitrogen and oxygen atoms in total. The summed E-state index contributed by atoms with van der Waals surface area (Å²) in [5.74, 6) is -0.124. The van der Waals surface area contributed by atoms with Crippen LogP contribution in [0.4, 0.5) is 11.5 Å². The molecule has 0 aliphatic heterocycles. The molecule has 0 aliphatic rings. The average Bonchev–Trinajstić information content (AvgIpc) is 3.43. The lowest BCUT2D eigenvalue weighted by Gasteiger charge is -2.21. The topological polar surface area (TPSA) is 160 Å². The molecule has 2 aromatic heterocycles. The molecule has 0 spiro atoms. The molecule has 3 N–H and O–H groups in total. The molecule has 0 saturated carbocycles. The van der Waals surface area contributed by atoms with Crippen LogP contribution in [0.1, 0.15) is 52.4 Å². The van der Waals surface area contributed by atoms with E-state index in [9.17, 15) is 14.4 Å². The van der Waals surface area contributed by atoms with Crippen molar-refractivity contribution in [2.75, 3.05) is 30.0 Å². The summed E-state index contributed by atoms with van der Waals surface area (Å²) < 4.78 is 12.3. The number of carbonyl (C=O) groups excluding carboxylic acids is 2. The number of amides is 1. The van der Waals surface area contributed by atoms with E-state index in [4.69, 9.17) is 25.0 Å². The van der Waals surface area contributed by atoms with E-state index in [1.165, 1.54) is 4.90 Å². The second-order valence-corrected chi connectivity index (χ2v) is 10.4. The molecule has 3 aromatic carbocycles. The fourth-order valence-corrected chi connectivity index (χ4v) is 4.70. The molecule has 0 radical (unpaired) electrons. The third kappa shape index (κ3) is 9.25. The van der Waals surface area contributed by atoms with Crippen LogP contribution in [0.15, 0.2) is 97.2 Å². The van der Waals surface area contributed by atoms with Crippen LogP contribution < -0.4 is 10.2 Å². The molecule has 2 heterocycles. The molecule has 1 amide bonds. The zero-order chi connectivity index (χ0) is 34.5. The maximum atomic E-state index is 13.5. The number of ether oxygens (including phenoxy) is 2. The van der Waals surface area contributed by atoms with Crippen LogP contribution in [-0.2, 0) is 27.9 Å². The van der Waals surface area contributed by atoms with E-state index in [2.05, 4.69) is 10.3 Å². The Balaban J connectivity index is 0.000000500. The number of nitrogens with zero attached hydrogens (tertiary/aromatic N) is 4. The standard InChI is InChI=1S/C29H32N6O4.C7H6O2/c1-4-38-27(36)15-17-35(25-8-6-7-16-31-25)29(37)21-11-14-24-23(18-21)33-26(34(24)3)19-32-22-12-9-20(10-13-22)28(30)39-5-2;8-7(9)6-4-2-1-3-5-6/h6-14,16,18,30,32H,4-5,15,17,19H2,1-3H3;1-5H,(H,8,9). The Morgan fingerprint density at radius 2 is 1.56 bits per heavy atom. The third-order valence-electron chi connectivity index (χ3n) is 7.14. The highest BCUT2D eigenvalue weighted by atomic mass is 16.5. The number of esters is 1. The summed E-state index contributed by atoms with van der Waals surface area (Å²) in [5.41, 5.74) is 3.95. The van der Waals surface area contributed by atoms with Gasteiger partial charge in [0.1, 0.15) is 11.6 Å². The van der Waals surface area contributed by atoms with Crippen molar-refractivity contribution in [3.8, 4) is 0 Å². The van der Waals surface area contributed by atoms with E-state index in [0.29, 0.717) is 41.2 Å². The molecular weight excluding hydrogens is 612 g/mol. The minimum atomic E-state index is -0.879. The molecule has 0 unspecified atom stereocenters. The molecule has 0 saturated heterocycles. The van der Waals surface area contributed by atoms with Gasteiger partial charge >= 0.3 is 11.9 Å². The van der Waals surface area contributed by atoms with Crippen molar-refractivity contribution < 1.29 is 29.0 Å². The number of fused-ring (bicyclic) bond motifs is 1. The Kier molecular flexibility index (Phi) is 12.4. The minimum Gasteiger partial charge on any atom is -0.478 e. The van der Waals surface area contributed by atoms with Crippen molar-refractivity contribution in [2.45, 2.75) is 26.8 Å². The van der Waals surface area contributed by atoms with Gasteiger partial charge in [-0.1, -0.05) is 24.3 Å². The molecule has 0 atom stereocenters. The maximum absolute atomic E-state index is 13.5. The van der Waals surface area contributed by atoms with Crippen LogP contribution in [0.25, 0.3) is 11.0 Å². The van der Waals surface area contributed by atoms with Gasteiger partial charge in [0.2, 0.25) is 5.90 Å². The quantitative estimate of drug-likeness (QED) is 0.0845. The summed E-state index contributed by atoms with van der Waals surface area (Å²) in [6, 6.07) is 26.4. The molecule has 12 heteroatoms. The van der Waals surface area contributed by atoms with Crippen molar-refractivity contribution in [2.24, 2.45) is 7.05 Å². The first-order valence-electron chi connectivity index (χ1n) is 15.4. The van der Waals surface area contributed by atoms with Gasteiger partial charge in [-0.3, -0.25) is 19.9 Å². The first kappa shape index (κ1) is 34.8. The highest BCUT2D eigenvalue weighted by Gasteiger charge is 2.21. The number of hydrogen-bond donors (Lipinski definition) is 3. The number of carbonyl (C=O) groups is 3. The van der Waals surface area contributed by atoms with Gasteiger partial charge in [0, 0.05) is 36.6 Å². The number of carboxylic acid groups (broad SMARTS) is 1. The van der Waals surface area contributed by atoms with E-state index >= 15 is 0 Å². The zero-order valence-corrected chi connectivity index (χ0v) is 27.1. The number of pyridine rings is 1. The molecule has 0 fully saturated rings. The predicted octanol–water partition coefficient (Wildman–Crippen LogP) is 5.93. The van der Waals surface area contributed by atoms with Crippen molar-refractivity contribution in [1.29, 1.82) is 5.41 Å². The Morgan fingerprint density at radius 1 is 0.875 bits per heavy atom. The summed E-state index contributed by atoms with van der Waals surface area (Å²) in [6.07, 6.45) is 1.67. The van der Waals surface area contributed by atoms with Gasteiger partial charge in [0.25, 0.3) is 5.91 Å². The number of aryl methyl sites for hydroxylation is 1. The van der Waals surface area contributed by atoms with Crippen LogP contribution in [0.3, 0.4) is 0 Å². The summed E-state index contributed by atoms with van der Waals surface area (Å²) >= 11 is 0. The van der Waals surface area contributed by atoms with Crippen molar-refractivity contribution in [3.63, 3.8) is 0 Å². The molecule has 5 aromatic rings. The molecule has 0 aliphatic carbocycles. The number of imidazole rings is 1. The van der Waals surface area contributed by atoms with E-state index in [1.807, 2.05) is 48.9 Å². The molecule has 0 bridgehead atoms. The molecule has 248 valence electrons. The first-order valence-corrected chi connectivity index (χ1v) is 15.4. The highest BCUT2D eigenvalue weighted by Crippen LogP contribution is 2.21. The van der Waals surface area contributed by atoms with E-state index in [1.54, 1.807) is 73.8 Å². The van der Waals surface area contributed by atoms with Crippen molar-refractivity contribution >= 4 is 46.3 Å². The Bertz CT molecular complexity index is 1840. The van der Waals surface area contributed by atoms with Crippen LogP contribution in [0.2, 0.25) is 0 Å². The summed E-state index contributed by atoms with van der Waals surface area (Å²) in [5, 5.41) is 19.6. The lowest BCUT2D eigenvalue weighted by atomic mass is 10.1. The largest absolute Gasteiger partial charge is 0.478 e. The SMILES string of the molecule is CCOC(=N)c1ccc(NCc2nc3cc(C(=O)N(CCC(=O)OCC)c4ccccn4)ccc3n2C)cc1.O=C(O)c1ccccc1. The number of carboxylic acids is 1. The lowest BCUT2D eigenvalue weighted by molar-refractivity contribution is -0.142. The van der Waals surface area contributed by atoms with Gasteiger partial charge in [0.15, 0.2) is 0 Å². The number of aromatic carboxylic acids is 1. The normalized spacial score (nSPS) is 10.4. The zero-order valence-electron chi connectivity index (χ0n) is 27.1. The second kappa shape index (κ2) is 17.0. The second-order valence-electron chi connectivity index (χ2n) is 10.4. The monoisotopic (exact) mass is 650 g/mol. The van der Waals surface area contributed by atoms with Gasteiger partial charge in [-0.15, -0.1) is 0 Å². The Labute approximate surface area is 278 Å². The van der Waals surface area contributed by atoms with E-state index in [0.717, 1.165) is 17.0 Å². The van der Waals surface area contributed by atoms with Crippen LogP contribution >= 0.6 is 0 Å². The summed E-state index contributed by atoms with van der Waals surface area (Å²) in [6.45, 7) is 4.95. The number of hydrogen-bond acceptors (Lipinski definition) is 9. The smallest absolute Gasteiger partial charge is 0.335 e. The van der Waals surface area contributed by atoms with Gasteiger partial charge in [-0.05, 0) is 80.6 Å². The van der Waals surface area contributed by atoms with Crippen molar-refractivity contribution in [1.82, 2.24) is 14.5 Å². The van der Waals surface area contributed by atoms with Gasteiger partial charge in [0.05, 0.1) is 42.8 Å². The van der Waals surface area contributed by atoms with Crippen molar-refractivity contribution in [3.05, 3.63) is 120 Å². The summed E-state index contributed by atoms with van der Waals surface area (Å²) in [4.78, 5) is 46.3. The molecular formula is C36H38N6O6. The van der Waals surface area contributed by atoms with E-state index in [-0.39, 0.29) is 37.3 Å². The number of nitrogens with one attached hydrogen (secondary N) is 2. The Morgan fingerprint density at radius 3 is 2.19 bits per heavy atom. The Hall–Kier alpha value is -6.04. The number of anilines is 2. The molecule has 5 rings (SSSR count). The van der Waals surface area contributed by atoms with Gasteiger partial charge in [-0.25, -0.2) is 14.8 Å². The van der Waals surface area contributed by atoms with E-state index < -0.39 is 5.97 Å². The number of benzene rings is 3. The third-order valence-corrected chi connectivity index (χ3v) is 7.14. The first-order chi connectivity index (χ1) is 23.2.